The van der Waals surface area contributed by atoms with Gasteiger partial charge in [-0.15, -0.1) is 0 Å². The van der Waals surface area contributed by atoms with Crippen LogP contribution in [0.4, 0.5) is 0 Å². The summed E-state index contributed by atoms with van der Waals surface area (Å²) >= 11 is 0. The summed E-state index contributed by atoms with van der Waals surface area (Å²) in [6.07, 6.45) is -0.299. The molecule has 0 spiro atoms. The predicted octanol–water partition coefficient (Wildman–Crippen LogP) is 1.14. The molecule has 0 bridgehead atoms. The summed E-state index contributed by atoms with van der Waals surface area (Å²) in [5.74, 6) is -1.96. The molecule has 0 fully saturated rings. The number of carbonyl (C=O) groups is 2. The van der Waals surface area contributed by atoms with Crippen molar-refractivity contribution < 1.29 is 29.3 Å². The van der Waals surface area contributed by atoms with E-state index in [1.165, 1.54) is 0 Å². The smallest absolute Gasteiger partial charge is 0.332 e. The molecule has 100 valence electrons. The van der Waals surface area contributed by atoms with Crippen LogP contribution >= 0.6 is 0 Å². The lowest BCUT2D eigenvalue weighted by molar-refractivity contribution is -0.152. The number of aliphatic carboxylic acids is 2. The van der Waals surface area contributed by atoms with E-state index in [2.05, 4.69) is 0 Å². The van der Waals surface area contributed by atoms with Crippen LogP contribution in [0.5, 0.6) is 0 Å². The zero-order valence-corrected chi connectivity index (χ0v) is 10.2. The second kappa shape index (κ2) is 8.95. The number of hydrogen-bond donors (Lipinski definition) is 2. The van der Waals surface area contributed by atoms with Crippen molar-refractivity contribution in [2.24, 2.45) is 0 Å². The summed E-state index contributed by atoms with van der Waals surface area (Å²) in [5.41, 5.74) is 0. The molecule has 17 heavy (non-hydrogen) atoms. The number of rotatable bonds is 10. The molecule has 0 aromatic carbocycles. The second-order valence-electron chi connectivity index (χ2n) is 3.57. The molecule has 2 N–H and O–H groups in total. The van der Waals surface area contributed by atoms with Crippen molar-refractivity contribution in [1.82, 2.24) is 0 Å². The lowest BCUT2D eigenvalue weighted by atomic mass is 10.3. The Kier molecular flexibility index (Phi) is 8.35. The molecule has 6 nitrogen and oxygen atoms in total. The van der Waals surface area contributed by atoms with Gasteiger partial charge < -0.3 is 19.7 Å². The molecule has 0 saturated carbocycles. The maximum Gasteiger partial charge on any atom is 0.332 e. The van der Waals surface area contributed by atoms with Crippen LogP contribution < -0.4 is 0 Å². The molecule has 0 aromatic heterocycles. The first-order valence-electron chi connectivity index (χ1n) is 5.71. The average molecular weight is 248 g/mol. The third-order valence-corrected chi connectivity index (χ3v) is 2.22. The average Bonchev–Trinajstić information content (AvgIpc) is 2.27. The molecule has 0 rings (SSSR count). The van der Waals surface area contributed by atoms with Crippen LogP contribution in [0.2, 0.25) is 0 Å². The molecule has 2 unspecified atom stereocenters. The van der Waals surface area contributed by atoms with Crippen LogP contribution in [-0.4, -0.2) is 47.6 Å². The van der Waals surface area contributed by atoms with Gasteiger partial charge in [-0.25, -0.2) is 9.59 Å². The molecule has 0 aromatic rings. The highest BCUT2D eigenvalue weighted by atomic mass is 16.5. The molecule has 0 aliphatic heterocycles. The normalized spacial score (nSPS) is 14.2. The molecule has 2 atom stereocenters. The van der Waals surface area contributed by atoms with Crippen LogP contribution in [0.15, 0.2) is 0 Å². The van der Waals surface area contributed by atoms with Gasteiger partial charge in [-0.2, -0.15) is 0 Å². The van der Waals surface area contributed by atoms with Crippen molar-refractivity contribution >= 4 is 11.9 Å². The number of carboxylic acid groups (broad SMARTS) is 2. The first kappa shape index (κ1) is 15.9. The third kappa shape index (κ3) is 6.91. The monoisotopic (exact) mass is 248 g/mol. The summed E-state index contributed by atoms with van der Waals surface area (Å²) in [6.45, 7) is 3.96. The van der Waals surface area contributed by atoms with Crippen molar-refractivity contribution in [3.63, 3.8) is 0 Å². The first-order valence-corrected chi connectivity index (χ1v) is 5.71. The summed E-state index contributed by atoms with van der Waals surface area (Å²) in [7, 11) is 0. The third-order valence-electron chi connectivity index (χ3n) is 2.22. The topological polar surface area (TPSA) is 93.1 Å². The highest BCUT2D eigenvalue weighted by Crippen LogP contribution is 2.02. The maximum absolute atomic E-state index is 10.6. The molecule has 0 amide bonds. The van der Waals surface area contributed by atoms with E-state index in [0.717, 1.165) is 0 Å². The van der Waals surface area contributed by atoms with Crippen molar-refractivity contribution in [1.29, 1.82) is 0 Å². The highest BCUT2D eigenvalue weighted by molar-refractivity contribution is 5.72. The molecular weight excluding hydrogens is 228 g/mol. The van der Waals surface area contributed by atoms with Gasteiger partial charge in [-0.1, -0.05) is 13.8 Å². The van der Waals surface area contributed by atoms with E-state index in [4.69, 9.17) is 19.7 Å². The van der Waals surface area contributed by atoms with E-state index in [1.807, 2.05) is 0 Å². The van der Waals surface area contributed by atoms with Crippen LogP contribution in [0.3, 0.4) is 0 Å². The standard InChI is InChI=1S/C11H20O6/c1-3-8(10(12)13)16-6-5-7-17-9(4-2)11(14)15/h8-9H,3-7H2,1-2H3,(H,12,13)(H,14,15). The molecule has 0 heterocycles. The number of carboxylic acids is 2. The van der Waals surface area contributed by atoms with Crippen molar-refractivity contribution in [3.8, 4) is 0 Å². The van der Waals surface area contributed by atoms with Crippen LogP contribution in [0.25, 0.3) is 0 Å². The Morgan fingerprint density at radius 2 is 1.29 bits per heavy atom. The summed E-state index contributed by atoms with van der Waals surface area (Å²) in [6, 6.07) is 0. The van der Waals surface area contributed by atoms with Gasteiger partial charge in [0.25, 0.3) is 0 Å². The first-order chi connectivity index (χ1) is 8.02. The van der Waals surface area contributed by atoms with Gasteiger partial charge in [-0.05, 0) is 19.3 Å². The van der Waals surface area contributed by atoms with E-state index in [0.29, 0.717) is 19.3 Å². The van der Waals surface area contributed by atoms with E-state index in [9.17, 15) is 9.59 Å². The Hall–Kier alpha value is -1.14. The fourth-order valence-corrected chi connectivity index (χ4v) is 1.24. The molecule has 0 radical (unpaired) electrons. The second-order valence-corrected chi connectivity index (χ2v) is 3.57. The zero-order chi connectivity index (χ0) is 13.3. The minimum Gasteiger partial charge on any atom is -0.479 e. The van der Waals surface area contributed by atoms with Crippen molar-refractivity contribution in [2.45, 2.75) is 45.3 Å². The minimum atomic E-state index is -0.981. The van der Waals surface area contributed by atoms with Gasteiger partial charge in [-0.3, -0.25) is 0 Å². The lowest BCUT2D eigenvalue weighted by Crippen LogP contribution is -2.25. The van der Waals surface area contributed by atoms with Gasteiger partial charge in [0, 0.05) is 13.2 Å². The van der Waals surface area contributed by atoms with Gasteiger partial charge in [0.05, 0.1) is 0 Å². The van der Waals surface area contributed by atoms with Gasteiger partial charge in [0.2, 0.25) is 0 Å². The fraction of sp³-hybridized carbons (Fsp3) is 0.818. The largest absolute Gasteiger partial charge is 0.479 e. The fourth-order valence-electron chi connectivity index (χ4n) is 1.24. The minimum absolute atomic E-state index is 0.251. The number of ether oxygens (including phenoxy) is 2. The maximum atomic E-state index is 10.6. The van der Waals surface area contributed by atoms with E-state index in [-0.39, 0.29) is 13.2 Å². The molecule has 0 saturated heterocycles. The van der Waals surface area contributed by atoms with Crippen LogP contribution in [0.1, 0.15) is 33.1 Å². The Balaban J connectivity index is 3.64. The Labute approximate surface area is 101 Å². The van der Waals surface area contributed by atoms with Crippen molar-refractivity contribution in [3.05, 3.63) is 0 Å². The molecule has 0 aliphatic carbocycles. The van der Waals surface area contributed by atoms with Crippen molar-refractivity contribution in [2.75, 3.05) is 13.2 Å². The van der Waals surface area contributed by atoms with Gasteiger partial charge in [0.15, 0.2) is 12.2 Å². The quantitative estimate of drug-likeness (QED) is 0.563. The van der Waals surface area contributed by atoms with Crippen LogP contribution in [0, 0.1) is 0 Å². The summed E-state index contributed by atoms with van der Waals surface area (Å²) < 4.78 is 10.2. The molecule has 0 aliphatic rings. The zero-order valence-electron chi connectivity index (χ0n) is 10.2. The van der Waals surface area contributed by atoms with E-state index < -0.39 is 24.1 Å². The predicted molar refractivity (Wildman–Crippen MR) is 60.0 cm³/mol. The Morgan fingerprint density at radius 1 is 0.941 bits per heavy atom. The van der Waals surface area contributed by atoms with E-state index >= 15 is 0 Å². The van der Waals surface area contributed by atoms with Gasteiger partial charge >= 0.3 is 11.9 Å². The Bertz CT molecular complexity index is 216. The van der Waals surface area contributed by atoms with Gasteiger partial charge in [0.1, 0.15) is 0 Å². The summed E-state index contributed by atoms with van der Waals surface area (Å²) in [5, 5.41) is 17.4. The highest BCUT2D eigenvalue weighted by Gasteiger charge is 2.16. The SMILES string of the molecule is CCC(OCCCOC(CC)C(=O)O)C(=O)O. The number of hydrogen-bond acceptors (Lipinski definition) is 4. The Morgan fingerprint density at radius 3 is 1.53 bits per heavy atom. The van der Waals surface area contributed by atoms with E-state index in [1.54, 1.807) is 13.8 Å². The molecule has 6 heteroatoms. The van der Waals surface area contributed by atoms with Crippen LogP contribution in [-0.2, 0) is 19.1 Å². The lowest BCUT2D eigenvalue weighted by Gasteiger charge is -2.13. The summed E-state index contributed by atoms with van der Waals surface area (Å²) in [4.78, 5) is 21.2. The molecular formula is C11H20O6.